The first-order chi connectivity index (χ1) is 22.7. The van der Waals surface area contributed by atoms with Gasteiger partial charge in [0.05, 0.1) is 0 Å². The molecule has 230 valence electrons. The van der Waals surface area contributed by atoms with Gasteiger partial charge in [0.15, 0.2) is 0 Å². The summed E-state index contributed by atoms with van der Waals surface area (Å²) in [7, 11) is 0. The number of furan rings is 1. The second kappa shape index (κ2) is 10.7. The van der Waals surface area contributed by atoms with Crippen molar-refractivity contribution >= 4 is 43.5 Å². The molecule has 1 heterocycles. The zero-order chi connectivity index (χ0) is 32.7. The highest BCUT2D eigenvalue weighted by atomic mass is 16.3. The molecule has 0 radical (unpaired) electrons. The molecule has 0 saturated carbocycles. The summed E-state index contributed by atoms with van der Waals surface area (Å²) < 4.78 is 6.81. The van der Waals surface area contributed by atoms with Crippen LogP contribution in [-0.2, 0) is 0 Å². The number of hydrogen-bond donors (Lipinski definition) is 0. The molecule has 0 unspecified atom stereocenters. The lowest BCUT2D eigenvalue weighted by Crippen LogP contribution is -2.03. The maximum absolute atomic E-state index is 6.81. The third-order valence-corrected chi connectivity index (χ3v) is 11.3. The summed E-state index contributed by atoms with van der Waals surface area (Å²) in [5.41, 5.74) is 20.2. The second-order valence-corrected chi connectivity index (χ2v) is 13.4. The van der Waals surface area contributed by atoms with E-state index in [4.69, 9.17) is 4.42 Å². The minimum atomic E-state index is 0.922. The molecule has 1 aromatic heterocycles. The van der Waals surface area contributed by atoms with Crippen LogP contribution in [-0.4, -0.2) is 0 Å². The van der Waals surface area contributed by atoms with Crippen LogP contribution in [0.25, 0.3) is 76.9 Å². The lowest BCUT2D eigenvalue weighted by Gasteiger charge is -2.27. The van der Waals surface area contributed by atoms with Gasteiger partial charge < -0.3 is 4.42 Å². The van der Waals surface area contributed by atoms with E-state index in [1.54, 1.807) is 0 Å². The van der Waals surface area contributed by atoms with Gasteiger partial charge in [0.1, 0.15) is 11.2 Å². The zero-order valence-corrected chi connectivity index (χ0v) is 28.6. The maximum atomic E-state index is 6.81. The molecule has 8 aromatic rings. The molecule has 1 nitrogen and oxygen atoms in total. The summed E-state index contributed by atoms with van der Waals surface area (Å²) >= 11 is 0. The minimum absolute atomic E-state index is 0.922. The molecular weight excluding hydrogens is 569 g/mol. The molecule has 0 amide bonds. The Morgan fingerprint density at radius 1 is 0.340 bits per heavy atom. The lowest BCUT2D eigenvalue weighted by atomic mass is 9.76. The first kappa shape index (κ1) is 29.3. The third kappa shape index (κ3) is 4.09. The number of rotatable bonds is 3. The van der Waals surface area contributed by atoms with Crippen molar-refractivity contribution in [3.63, 3.8) is 0 Å². The SMILES string of the molecule is Cc1c(C)c(C)c2c(-c3cccc4oc5c(-c6ccccc6)cccc5c34)c3c(C)c(C)c(C)c(C)c3c(-c3ccccc3)c2c1C. The summed E-state index contributed by atoms with van der Waals surface area (Å²) in [5, 5.41) is 7.76. The zero-order valence-electron chi connectivity index (χ0n) is 28.6. The summed E-state index contributed by atoms with van der Waals surface area (Å²) in [6.07, 6.45) is 0. The fourth-order valence-electron chi connectivity index (χ4n) is 8.19. The summed E-state index contributed by atoms with van der Waals surface area (Å²) in [6, 6.07) is 34.9. The van der Waals surface area contributed by atoms with E-state index in [0.717, 1.165) is 27.7 Å². The van der Waals surface area contributed by atoms with E-state index in [0.29, 0.717) is 0 Å². The predicted octanol–water partition coefficient (Wildman–Crippen LogP) is 13.4. The minimum Gasteiger partial charge on any atom is -0.455 e. The smallest absolute Gasteiger partial charge is 0.143 e. The molecule has 7 aromatic carbocycles. The quantitative estimate of drug-likeness (QED) is 0.182. The van der Waals surface area contributed by atoms with E-state index in [-0.39, 0.29) is 0 Å². The van der Waals surface area contributed by atoms with Crippen LogP contribution in [0.3, 0.4) is 0 Å². The molecule has 1 heteroatoms. The van der Waals surface area contributed by atoms with Crippen LogP contribution < -0.4 is 0 Å². The molecule has 0 saturated heterocycles. The Labute approximate surface area is 277 Å². The lowest BCUT2D eigenvalue weighted by molar-refractivity contribution is 0.670. The normalized spacial score (nSPS) is 11.8. The molecule has 0 aliphatic carbocycles. The van der Waals surface area contributed by atoms with E-state index in [1.165, 1.54) is 93.7 Å². The van der Waals surface area contributed by atoms with Gasteiger partial charge >= 0.3 is 0 Å². The van der Waals surface area contributed by atoms with E-state index >= 15 is 0 Å². The highest BCUT2D eigenvalue weighted by molar-refractivity contribution is 6.28. The van der Waals surface area contributed by atoms with Crippen molar-refractivity contribution < 1.29 is 4.42 Å². The van der Waals surface area contributed by atoms with E-state index in [2.05, 4.69) is 152 Å². The first-order valence-corrected chi connectivity index (χ1v) is 16.7. The van der Waals surface area contributed by atoms with Crippen molar-refractivity contribution in [2.45, 2.75) is 55.4 Å². The largest absolute Gasteiger partial charge is 0.455 e. The van der Waals surface area contributed by atoms with Gasteiger partial charge in [0.25, 0.3) is 0 Å². The number of para-hydroxylation sites is 1. The molecule has 0 aliphatic heterocycles. The molecule has 0 aliphatic rings. The molecule has 0 spiro atoms. The fourth-order valence-corrected chi connectivity index (χ4v) is 8.19. The summed E-state index contributed by atoms with van der Waals surface area (Å²) in [5.74, 6) is 0. The van der Waals surface area contributed by atoms with Gasteiger partial charge in [-0.05, 0) is 155 Å². The second-order valence-electron chi connectivity index (χ2n) is 13.4. The van der Waals surface area contributed by atoms with Gasteiger partial charge in [0, 0.05) is 16.3 Å². The highest BCUT2D eigenvalue weighted by Gasteiger charge is 2.27. The van der Waals surface area contributed by atoms with Crippen molar-refractivity contribution in [1.82, 2.24) is 0 Å². The number of benzene rings is 7. The van der Waals surface area contributed by atoms with Crippen LogP contribution in [0.4, 0.5) is 0 Å². The topological polar surface area (TPSA) is 13.1 Å². The van der Waals surface area contributed by atoms with E-state index < -0.39 is 0 Å². The van der Waals surface area contributed by atoms with Crippen LogP contribution in [0.5, 0.6) is 0 Å². The third-order valence-electron chi connectivity index (χ3n) is 11.3. The molecule has 8 rings (SSSR count). The van der Waals surface area contributed by atoms with Crippen molar-refractivity contribution in [3.8, 4) is 33.4 Å². The van der Waals surface area contributed by atoms with E-state index in [1.807, 2.05) is 0 Å². The van der Waals surface area contributed by atoms with Crippen LogP contribution in [0, 0.1) is 55.4 Å². The number of fused-ring (bicyclic) bond motifs is 5. The van der Waals surface area contributed by atoms with Gasteiger partial charge in [-0.3, -0.25) is 0 Å². The van der Waals surface area contributed by atoms with E-state index in [9.17, 15) is 0 Å². The molecule has 0 N–H and O–H groups in total. The van der Waals surface area contributed by atoms with Crippen LogP contribution in [0.1, 0.15) is 44.5 Å². The van der Waals surface area contributed by atoms with Crippen molar-refractivity contribution in [2.24, 2.45) is 0 Å². The van der Waals surface area contributed by atoms with Gasteiger partial charge in [-0.15, -0.1) is 0 Å². The monoisotopic (exact) mass is 608 g/mol. The van der Waals surface area contributed by atoms with Crippen molar-refractivity contribution in [3.05, 3.63) is 142 Å². The Morgan fingerprint density at radius 2 is 0.787 bits per heavy atom. The Bertz CT molecular complexity index is 2480. The maximum Gasteiger partial charge on any atom is 0.143 e. The number of aryl methyl sites for hydroxylation is 4. The Balaban J connectivity index is 1.67. The summed E-state index contributed by atoms with van der Waals surface area (Å²) in [4.78, 5) is 0. The molecule has 47 heavy (non-hydrogen) atoms. The Hall–Kier alpha value is -5.14. The van der Waals surface area contributed by atoms with Gasteiger partial charge in [0.2, 0.25) is 0 Å². The summed E-state index contributed by atoms with van der Waals surface area (Å²) in [6.45, 7) is 18.5. The van der Waals surface area contributed by atoms with Crippen molar-refractivity contribution in [2.75, 3.05) is 0 Å². The molecule has 0 atom stereocenters. The average molecular weight is 609 g/mol. The molecule has 0 fully saturated rings. The van der Waals surface area contributed by atoms with Gasteiger partial charge in [-0.2, -0.15) is 0 Å². The van der Waals surface area contributed by atoms with Gasteiger partial charge in [-0.1, -0.05) is 91.0 Å². The predicted molar refractivity (Wildman–Crippen MR) is 203 cm³/mol. The number of hydrogen-bond acceptors (Lipinski definition) is 1. The fraction of sp³-hybridized carbons (Fsp3) is 0.174. The standard InChI is InChI=1S/C46H40O/c1-25-27(3)31(7)41-39(29(25)5)43(34-19-13-10-14-20-34)40-30(6)26(2)28(4)32(8)42(40)45(41)36-22-16-24-38-44(36)37-23-15-21-35(46(37)47-38)33-17-11-9-12-18-33/h9-24H,1-8H3. The van der Waals surface area contributed by atoms with Crippen molar-refractivity contribution in [1.29, 1.82) is 0 Å². The van der Waals surface area contributed by atoms with Crippen LogP contribution >= 0.6 is 0 Å². The molecule has 0 bridgehead atoms. The first-order valence-electron chi connectivity index (χ1n) is 16.7. The Morgan fingerprint density at radius 3 is 1.32 bits per heavy atom. The van der Waals surface area contributed by atoms with Crippen LogP contribution in [0.15, 0.2) is 101 Å². The highest BCUT2D eigenvalue weighted by Crippen LogP contribution is 2.52. The molecular formula is C46H40O. The average Bonchev–Trinajstić information content (AvgIpc) is 3.50. The van der Waals surface area contributed by atoms with Crippen LogP contribution in [0.2, 0.25) is 0 Å². The Kier molecular flexibility index (Phi) is 6.67. The van der Waals surface area contributed by atoms with Gasteiger partial charge in [-0.25, -0.2) is 0 Å².